The summed E-state index contributed by atoms with van der Waals surface area (Å²) < 4.78 is 6.99. The maximum Gasteiger partial charge on any atom is 0.128 e. The summed E-state index contributed by atoms with van der Waals surface area (Å²) in [5.74, 6) is 1.09. The number of rotatable bonds is 1. The van der Waals surface area contributed by atoms with E-state index >= 15 is 0 Å². The van der Waals surface area contributed by atoms with Gasteiger partial charge in [-0.1, -0.05) is 0 Å². The molecule has 1 aromatic heterocycles. The number of aromatic nitrogens is 1. The summed E-state index contributed by atoms with van der Waals surface area (Å²) in [7, 11) is 0. The van der Waals surface area contributed by atoms with Gasteiger partial charge in [-0.3, -0.25) is 0 Å². The van der Waals surface area contributed by atoms with E-state index in [1.165, 1.54) is 16.4 Å². The first-order valence-electron chi connectivity index (χ1n) is 5.33. The van der Waals surface area contributed by atoms with Crippen LogP contribution in [0.2, 0.25) is 0 Å². The normalized spacial score (nSPS) is 29.5. The highest BCUT2D eigenvalue weighted by Crippen LogP contribution is 2.28. The highest BCUT2D eigenvalue weighted by atomic mass is 127. The molecule has 3 heterocycles. The minimum atomic E-state index is 0.435. The predicted molar refractivity (Wildman–Crippen MR) is 67.1 cm³/mol. The van der Waals surface area contributed by atoms with Crippen LogP contribution >= 0.6 is 22.6 Å². The molecule has 15 heavy (non-hydrogen) atoms. The van der Waals surface area contributed by atoms with Crippen molar-refractivity contribution in [3.63, 3.8) is 0 Å². The van der Waals surface area contributed by atoms with Crippen LogP contribution in [0.5, 0.6) is 0 Å². The molecule has 0 aromatic carbocycles. The van der Waals surface area contributed by atoms with Crippen LogP contribution in [0.4, 0.5) is 5.82 Å². The molecule has 0 N–H and O–H groups in total. The molecule has 2 saturated heterocycles. The van der Waals surface area contributed by atoms with Gasteiger partial charge in [0.1, 0.15) is 5.82 Å². The van der Waals surface area contributed by atoms with E-state index < -0.39 is 0 Å². The average molecular weight is 316 g/mol. The zero-order chi connectivity index (χ0) is 10.3. The van der Waals surface area contributed by atoms with Gasteiger partial charge in [0, 0.05) is 22.9 Å². The zero-order valence-electron chi connectivity index (χ0n) is 8.40. The lowest BCUT2D eigenvalue weighted by Crippen LogP contribution is -2.43. The molecule has 3 nitrogen and oxygen atoms in total. The van der Waals surface area contributed by atoms with E-state index in [4.69, 9.17) is 4.74 Å². The fourth-order valence-corrected chi connectivity index (χ4v) is 2.68. The van der Waals surface area contributed by atoms with E-state index in [1.54, 1.807) is 0 Å². The van der Waals surface area contributed by atoms with Gasteiger partial charge < -0.3 is 9.64 Å². The fraction of sp³-hybridized carbons (Fsp3) is 0.545. The van der Waals surface area contributed by atoms with Crippen molar-refractivity contribution in [1.82, 2.24) is 4.98 Å². The molecule has 4 heteroatoms. The molecule has 3 rings (SSSR count). The minimum absolute atomic E-state index is 0.435. The first kappa shape index (κ1) is 9.84. The Morgan fingerprint density at radius 3 is 2.60 bits per heavy atom. The SMILES string of the molecule is Ic1ccc(N2CC3CCC(C2)O3)nc1. The van der Waals surface area contributed by atoms with Gasteiger partial charge in [-0.05, 0) is 47.6 Å². The van der Waals surface area contributed by atoms with Gasteiger partial charge in [0.05, 0.1) is 12.2 Å². The topological polar surface area (TPSA) is 25.4 Å². The Kier molecular flexibility index (Phi) is 2.56. The van der Waals surface area contributed by atoms with Gasteiger partial charge in [0.15, 0.2) is 0 Å². The second-order valence-electron chi connectivity index (χ2n) is 4.20. The molecule has 2 bridgehead atoms. The third-order valence-electron chi connectivity index (χ3n) is 3.08. The molecular formula is C11H13IN2O. The summed E-state index contributed by atoms with van der Waals surface area (Å²) in [4.78, 5) is 6.81. The third kappa shape index (κ3) is 1.97. The number of halogens is 1. The number of morpholine rings is 1. The summed E-state index contributed by atoms with van der Waals surface area (Å²) in [6.07, 6.45) is 5.22. The second kappa shape index (κ2) is 3.90. The lowest BCUT2D eigenvalue weighted by molar-refractivity contribution is 0.0302. The minimum Gasteiger partial charge on any atom is -0.371 e. The number of pyridine rings is 1. The zero-order valence-corrected chi connectivity index (χ0v) is 10.6. The highest BCUT2D eigenvalue weighted by Gasteiger charge is 2.33. The number of nitrogens with zero attached hydrogens (tertiary/aromatic N) is 2. The quantitative estimate of drug-likeness (QED) is 0.742. The summed E-state index contributed by atoms with van der Waals surface area (Å²) >= 11 is 2.28. The Morgan fingerprint density at radius 1 is 1.27 bits per heavy atom. The van der Waals surface area contributed by atoms with Gasteiger partial charge in [-0.15, -0.1) is 0 Å². The Balaban J connectivity index is 1.80. The molecule has 2 aliphatic rings. The summed E-state index contributed by atoms with van der Waals surface area (Å²) in [6.45, 7) is 2.01. The van der Waals surface area contributed by atoms with Gasteiger partial charge >= 0.3 is 0 Å². The van der Waals surface area contributed by atoms with Crippen molar-refractivity contribution in [2.75, 3.05) is 18.0 Å². The van der Waals surface area contributed by atoms with Crippen LogP contribution < -0.4 is 4.90 Å². The summed E-state index contributed by atoms with van der Waals surface area (Å²) in [5.41, 5.74) is 0. The lowest BCUT2D eigenvalue weighted by atomic mass is 10.2. The van der Waals surface area contributed by atoms with Gasteiger partial charge in [0.25, 0.3) is 0 Å². The maximum absolute atomic E-state index is 5.80. The van der Waals surface area contributed by atoms with Crippen LogP contribution in [0.1, 0.15) is 12.8 Å². The van der Waals surface area contributed by atoms with Crippen LogP contribution in [0.15, 0.2) is 18.3 Å². The smallest absolute Gasteiger partial charge is 0.128 e. The lowest BCUT2D eigenvalue weighted by Gasteiger charge is -2.32. The molecule has 2 unspecified atom stereocenters. The van der Waals surface area contributed by atoms with Crippen molar-refractivity contribution in [2.45, 2.75) is 25.0 Å². The highest BCUT2D eigenvalue weighted by molar-refractivity contribution is 14.1. The van der Waals surface area contributed by atoms with Gasteiger partial charge in [0.2, 0.25) is 0 Å². The Morgan fingerprint density at radius 2 is 2.00 bits per heavy atom. The number of fused-ring (bicyclic) bond motifs is 2. The Labute approximate surface area is 103 Å². The fourth-order valence-electron chi connectivity index (χ4n) is 2.36. The molecule has 0 spiro atoms. The molecule has 0 saturated carbocycles. The number of hydrogen-bond acceptors (Lipinski definition) is 3. The molecule has 2 aliphatic heterocycles. The third-order valence-corrected chi connectivity index (χ3v) is 3.72. The second-order valence-corrected chi connectivity index (χ2v) is 5.44. The van der Waals surface area contributed by atoms with Crippen molar-refractivity contribution >= 4 is 28.4 Å². The van der Waals surface area contributed by atoms with Gasteiger partial charge in [-0.2, -0.15) is 0 Å². The van der Waals surface area contributed by atoms with E-state index in [-0.39, 0.29) is 0 Å². The van der Waals surface area contributed by atoms with Crippen molar-refractivity contribution in [3.8, 4) is 0 Å². The van der Waals surface area contributed by atoms with Crippen molar-refractivity contribution in [1.29, 1.82) is 0 Å². The summed E-state index contributed by atoms with van der Waals surface area (Å²) in [5, 5.41) is 0. The first-order chi connectivity index (χ1) is 7.31. The molecule has 2 atom stereocenters. The predicted octanol–water partition coefficient (Wildman–Crippen LogP) is 2.05. The van der Waals surface area contributed by atoms with Crippen LogP contribution in [0.25, 0.3) is 0 Å². The number of hydrogen-bond donors (Lipinski definition) is 0. The Bertz CT molecular complexity index is 342. The molecule has 0 amide bonds. The molecule has 1 aromatic rings. The first-order valence-corrected chi connectivity index (χ1v) is 6.41. The molecular weight excluding hydrogens is 303 g/mol. The van der Waals surface area contributed by atoms with Crippen LogP contribution in [-0.4, -0.2) is 30.3 Å². The van der Waals surface area contributed by atoms with E-state index in [2.05, 4.69) is 44.6 Å². The van der Waals surface area contributed by atoms with E-state index in [9.17, 15) is 0 Å². The van der Waals surface area contributed by atoms with Crippen molar-refractivity contribution < 1.29 is 4.74 Å². The van der Waals surface area contributed by atoms with Crippen LogP contribution in [-0.2, 0) is 4.74 Å². The molecule has 2 fully saturated rings. The summed E-state index contributed by atoms with van der Waals surface area (Å²) in [6, 6.07) is 4.22. The van der Waals surface area contributed by atoms with E-state index in [0.29, 0.717) is 12.2 Å². The van der Waals surface area contributed by atoms with Crippen molar-refractivity contribution in [3.05, 3.63) is 21.9 Å². The van der Waals surface area contributed by atoms with Crippen LogP contribution in [0.3, 0.4) is 0 Å². The van der Waals surface area contributed by atoms with Crippen LogP contribution in [0, 0.1) is 3.57 Å². The largest absolute Gasteiger partial charge is 0.371 e. The van der Waals surface area contributed by atoms with E-state index in [0.717, 1.165) is 18.9 Å². The van der Waals surface area contributed by atoms with E-state index in [1.807, 2.05) is 6.20 Å². The van der Waals surface area contributed by atoms with Crippen molar-refractivity contribution in [2.24, 2.45) is 0 Å². The number of ether oxygens (including phenoxy) is 1. The molecule has 0 aliphatic carbocycles. The van der Waals surface area contributed by atoms with Gasteiger partial charge in [-0.25, -0.2) is 4.98 Å². The molecule has 80 valence electrons. The standard InChI is InChI=1S/C11H13IN2O/c12-8-1-4-11(13-5-8)14-6-9-2-3-10(7-14)15-9/h1,4-5,9-10H,2-3,6-7H2. The Hall–Kier alpha value is -0.360. The number of anilines is 1. The molecule has 0 radical (unpaired) electrons. The maximum atomic E-state index is 5.80. The monoisotopic (exact) mass is 316 g/mol. The average Bonchev–Trinajstić information content (AvgIpc) is 2.59.